The largest absolute Gasteiger partial charge is 0.368 e. The van der Waals surface area contributed by atoms with Gasteiger partial charge >= 0.3 is 0 Å². The minimum atomic E-state index is -0.234. The molecule has 3 rings (SSSR count). The average Bonchev–Trinajstić information content (AvgIpc) is 2.89. The van der Waals surface area contributed by atoms with Crippen molar-refractivity contribution >= 4 is 5.91 Å². The van der Waals surface area contributed by atoms with Crippen LogP contribution >= 0.6 is 0 Å². The lowest BCUT2D eigenvalue weighted by Gasteiger charge is -2.32. The van der Waals surface area contributed by atoms with Gasteiger partial charge in [-0.3, -0.25) is 19.4 Å². The molecule has 2 aromatic rings. The number of ether oxygens (including phenoxy) is 1. The Bertz CT molecular complexity index is 713. The lowest BCUT2D eigenvalue weighted by molar-refractivity contribution is -0.0249. The van der Waals surface area contributed by atoms with Crippen molar-refractivity contribution in [2.75, 3.05) is 19.7 Å². The summed E-state index contributed by atoms with van der Waals surface area (Å²) in [6.07, 6.45) is 5.71. The third kappa shape index (κ3) is 3.17. The summed E-state index contributed by atoms with van der Waals surface area (Å²) in [7, 11) is 0. The first-order valence-corrected chi connectivity index (χ1v) is 8.32. The van der Waals surface area contributed by atoms with Gasteiger partial charge < -0.3 is 9.64 Å². The first-order valence-electron chi connectivity index (χ1n) is 8.32. The molecular formula is C17H23N5O2. The van der Waals surface area contributed by atoms with Crippen LogP contribution in [0.5, 0.6) is 0 Å². The maximum atomic E-state index is 13.0. The van der Waals surface area contributed by atoms with Gasteiger partial charge in [-0.05, 0) is 20.3 Å². The molecule has 7 heteroatoms. The van der Waals surface area contributed by atoms with Crippen LogP contribution in [0.2, 0.25) is 0 Å². The van der Waals surface area contributed by atoms with Crippen LogP contribution in [0.15, 0.2) is 18.6 Å². The summed E-state index contributed by atoms with van der Waals surface area (Å²) in [5.41, 5.74) is 3.18. The van der Waals surface area contributed by atoms with Crippen LogP contribution in [0.1, 0.15) is 46.9 Å². The van der Waals surface area contributed by atoms with E-state index in [0.717, 1.165) is 30.0 Å². The van der Waals surface area contributed by atoms with Gasteiger partial charge in [-0.25, -0.2) is 0 Å². The number of rotatable bonds is 4. The molecule has 0 radical (unpaired) electrons. The van der Waals surface area contributed by atoms with E-state index in [4.69, 9.17) is 4.74 Å². The molecule has 0 saturated carbocycles. The topological polar surface area (TPSA) is 73.1 Å². The molecule has 0 aromatic carbocycles. The molecule has 1 unspecified atom stereocenters. The Labute approximate surface area is 141 Å². The minimum Gasteiger partial charge on any atom is -0.368 e. The predicted molar refractivity (Wildman–Crippen MR) is 88.6 cm³/mol. The second-order valence-corrected chi connectivity index (χ2v) is 6.01. The SMILES string of the molecule is CCCn1nc(C)c(C(=O)N2CCOC(c3cnccn3)C2)c1C. The van der Waals surface area contributed by atoms with E-state index in [1.807, 2.05) is 23.4 Å². The van der Waals surface area contributed by atoms with Gasteiger partial charge in [0.25, 0.3) is 5.91 Å². The highest BCUT2D eigenvalue weighted by molar-refractivity contribution is 5.96. The van der Waals surface area contributed by atoms with Crippen LogP contribution in [-0.2, 0) is 11.3 Å². The smallest absolute Gasteiger partial charge is 0.257 e. The summed E-state index contributed by atoms with van der Waals surface area (Å²) >= 11 is 0. The van der Waals surface area contributed by atoms with Crippen molar-refractivity contribution in [2.45, 2.75) is 39.8 Å². The summed E-state index contributed by atoms with van der Waals surface area (Å²) < 4.78 is 7.69. The number of hydrogen-bond acceptors (Lipinski definition) is 5. The fourth-order valence-corrected chi connectivity index (χ4v) is 3.08. The molecule has 1 amide bonds. The zero-order valence-electron chi connectivity index (χ0n) is 14.4. The molecule has 128 valence electrons. The molecule has 3 heterocycles. The predicted octanol–water partition coefficient (Wildman–Crippen LogP) is 1.91. The normalized spacial score (nSPS) is 18.0. The quantitative estimate of drug-likeness (QED) is 0.857. The number of carbonyl (C=O) groups excluding carboxylic acids is 1. The second kappa shape index (κ2) is 7.09. The molecule has 1 saturated heterocycles. The van der Waals surface area contributed by atoms with Gasteiger partial charge in [-0.2, -0.15) is 5.10 Å². The van der Waals surface area contributed by atoms with E-state index >= 15 is 0 Å². The maximum absolute atomic E-state index is 13.0. The monoisotopic (exact) mass is 329 g/mol. The molecule has 1 fully saturated rings. The Kier molecular flexibility index (Phi) is 4.89. The molecule has 1 atom stereocenters. The number of morpholine rings is 1. The number of aryl methyl sites for hydroxylation is 2. The van der Waals surface area contributed by atoms with Crippen molar-refractivity contribution in [3.63, 3.8) is 0 Å². The van der Waals surface area contributed by atoms with E-state index in [9.17, 15) is 4.79 Å². The molecule has 0 N–H and O–H groups in total. The highest BCUT2D eigenvalue weighted by Crippen LogP contribution is 2.23. The van der Waals surface area contributed by atoms with Crippen LogP contribution in [0.3, 0.4) is 0 Å². The zero-order valence-corrected chi connectivity index (χ0v) is 14.4. The Balaban J connectivity index is 1.80. The Morgan fingerprint density at radius 1 is 1.38 bits per heavy atom. The zero-order chi connectivity index (χ0) is 17.1. The third-order valence-electron chi connectivity index (χ3n) is 4.30. The first kappa shape index (κ1) is 16.6. The van der Waals surface area contributed by atoms with Crippen LogP contribution < -0.4 is 0 Å². The van der Waals surface area contributed by atoms with Gasteiger partial charge in [0.1, 0.15) is 6.10 Å². The highest BCUT2D eigenvalue weighted by atomic mass is 16.5. The van der Waals surface area contributed by atoms with Crippen LogP contribution in [0.4, 0.5) is 0 Å². The maximum Gasteiger partial charge on any atom is 0.257 e. The molecule has 1 aliphatic rings. The Morgan fingerprint density at radius 2 is 2.21 bits per heavy atom. The number of hydrogen-bond donors (Lipinski definition) is 0. The van der Waals surface area contributed by atoms with Crippen LogP contribution in [0, 0.1) is 13.8 Å². The van der Waals surface area contributed by atoms with E-state index in [-0.39, 0.29) is 12.0 Å². The van der Waals surface area contributed by atoms with Gasteiger partial charge in [0, 0.05) is 31.2 Å². The van der Waals surface area contributed by atoms with E-state index in [1.54, 1.807) is 18.6 Å². The molecule has 0 spiro atoms. The Hall–Kier alpha value is -2.28. The molecule has 0 bridgehead atoms. The number of nitrogens with zero attached hydrogens (tertiary/aromatic N) is 5. The fourth-order valence-electron chi connectivity index (χ4n) is 3.08. The third-order valence-corrected chi connectivity index (χ3v) is 4.30. The number of amides is 1. The summed E-state index contributed by atoms with van der Waals surface area (Å²) in [6, 6.07) is 0. The average molecular weight is 329 g/mol. The van der Waals surface area contributed by atoms with Gasteiger partial charge in [0.15, 0.2) is 0 Å². The van der Waals surface area contributed by atoms with E-state index in [2.05, 4.69) is 22.0 Å². The summed E-state index contributed by atoms with van der Waals surface area (Å²) in [4.78, 5) is 23.2. The highest BCUT2D eigenvalue weighted by Gasteiger charge is 2.30. The van der Waals surface area contributed by atoms with Gasteiger partial charge in [-0.15, -0.1) is 0 Å². The summed E-state index contributed by atoms with van der Waals surface area (Å²) in [5, 5.41) is 4.51. The number of aromatic nitrogens is 4. The van der Waals surface area contributed by atoms with Crippen molar-refractivity contribution < 1.29 is 9.53 Å². The Morgan fingerprint density at radius 3 is 2.92 bits per heavy atom. The summed E-state index contributed by atoms with van der Waals surface area (Å²) in [6.45, 7) is 8.34. The lowest BCUT2D eigenvalue weighted by atomic mass is 10.1. The van der Waals surface area contributed by atoms with E-state index in [0.29, 0.717) is 25.3 Å². The van der Waals surface area contributed by atoms with Gasteiger partial charge in [0.2, 0.25) is 0 Å². The molecule has 24 heavy (non-hydrogen) atoms. The van der Waals surface area contributed by atoms with E-state index in [1.165, 1.54) is 0 Å². The van der Waals surface area contributed by atoms with E-state index < -0.39 is 0 Å². The lowest BCUT2D eigenvalue weighted by Crippen LogP contribution is -2.42. The van der Waals surface area contributed by atoms with Crippen LogP contribution in [-0.4, -0.2) is 50.3 Å². The molecule has 7 nitrogen and oxygen atoms in total. The van der Waals surface area contributed by atoms with Crippen molar-refractivity contribution in [3.05, 3.63) is 41.2 Å². The standard InChI is InChI=1S/C17H23N5O2/c1-4-7-22-13(3)16(12(2)20-22)17(23)21-8-9-24-15(11-21)14-10-18-5-6-19-14/h5-6,10,15H,4,7-9,11H2,1-3H3. The molecular weight excluding hydrogens is 306 g/mol. The van der Waals surface area contributed by atoms with Crippen LogP contribution in [0.25, 0.3) is 0 Å². The minimum absolute atomic E-state index is 0.0181. The van der Waals surface area contributed by atoms with Gasteiger partial charge in [-0.1, -0.05) is 6.92 Å². The fraction of sp³-hybridized carbons (Fsp3) is 0.529. The second-order valence-electron chi connectivity index (χ2n) is 6.01. The molecule has 2 aromatic heterocycles. The van der Waals surface area contributed by atoms with Gasteiger partial charge in [0.05, 0.1) is 36.3 Å². The van der Waals surface area contributed by atoms with Crippen molar-refractivity contribution in [1.82, 2.24) is 24.6 Å². The van der Waals surface area contributed by atoms with Crippen molar-refractivity contribution in [1.29, 1.82) is 0 Å². The molecule has 1 aliphatic heterocycles. The first-order chi connectivity index (χ1) is 11.6. The van der Waals surface area contributed by atoms with Crippen molar-refractivity contribution in [2.24, 2.45) is 0 Å². The summed E-state index contributed by atoms with van der Waals surface area (Å²) in [5.74, 6) is 0.0181. The molecule has 0 aliphatic carbocycles. The van der Waals surface area contributed by atoms with Crippen molar-refractivity contribution in [3.8, 4) is 0 Å². The number of carbonyl (C=O) groups is 1.